The molecule has 3 aromatic rings. The van der Waals surface area contributed by atoms with Crippen molar-refractivity contribution in [2.45, 2.75) is 26.3 Å². The van der Waals surface area contributed by atoms with Crippen molar-refractivity contribution in [3.05, 3.63) is 123 Å². The Labute approximate surface area is 225 Å². The van der Waals surface area contributed by atoms with E-state index in [9.17, 15) is 19.7 Å². The zero-order chi connectivity index (χ0) is 27.9. The van der Waals surface area contributed by atoms with Gasteiger partial charge in [0.15, 0.2) is 0 Å². The summed E-state index contributed by atoms with van der Waals surface area (Å²) in [5.41, 5.74) is 3.65. The molecule has 1 aromatic heterocycles. The molecule has 1 atom stereocenters. The molecule has 0 bridgehead atoms. The first-order valence-electron chi connectivity index (χ1n) is 12.2. The van der Waals surface area contributed by atoms with Gasteiger partial charge in [0, 0.05) is 42.5 Å². The quantitative estimate of drug-likeness (QED) is 0.244. The summed E-state index contributed by atoms with van der Waals surface area (Å²) >= 11 is 0. The Bertz CT molecular complexity index is 1470. The van der Waals surface area contributed by atoms with Gasteiger partial charge in [-0.2, -0.15) is 0 Å². The second-order valence-corrected chi connectivity index (χ2v) is 8.96. The number of carbonyl (C=O) groups excluding carboxylic acids is 2. The molecule has 1 aliphatic heterocycles. The minimum Gasteiger partial charge on any atom is -0.466 e. The lowest BCUT2D eigenvalue weighted by Gasteiger charge is -2.30. The van der Waals surface area contributed by atoms with Crippen molar-refractivity contribution in [2.24, 2.45) is 0 Å². The number of nitro groups is 1. The number of benzene rings is 2. The number of allylic oxidation sites excluding steroid dienone is 2. The number of nitrogens with zero attached hydrogens (tertiary/aromatic N) is 3. The third kappa shape index (κ3) is 6.30. The first-order chi connectivity index (χ1) is 18.8. The second kappa shape index (κ2) is 12.0. The molecule has 0 aliphatic carbocycles. The van der Waals surface area contributed by atoms with Gasteiger partial charge in [-0.1, -0.05) is 42.5 Å². The molecular formula is C29H28N4O6. The van der Waals surface area contributed by atoms with Crippen molar-refractivity contribution in [3.8, 4) is 0 Å². The molecule has 0 radical (unpaired) electrons. The molecule has 200 valence electrons. The normalized spacial score (nSPS) is 15.3. The monoisotopic (exact) mass is 528 g/mol. The summed E-state index contributed by atoms with van der Waals surface area (Å²) in [6.07, 6.45) is 8.96. The topological polar surface area (TPSA) is 126 Å². The van der Waals surface area contributed by atoms with Crippen LogP contribution in [0.2, 0.25) is 0 Å². The molecule has 0 saturated carbocycles. The van der Waals surface area contributed by atoms with E-state index < -0.39 is 22.8 Å². The lowest BCUT2D eigenvalue weighted by atomic mass is 9.80. The van der Waals surface area contributed by atoms with Gasteiger partial charge in [0.1, 0.15) is 6.61 Å². The minimum absolute atomic E-state index is 0.00961. The van der Waals surface area contributed by atoms with Crippen molar-refractivity contribution in [2.75, 3.05) is 13.7 Å². The number of imidazole rings is 1. The number of methoxy groups -OCH3 is 1. The van der Waals surface area contributed by atoms with E-state index >= 15 is 0 Å². The van der Waals surface area contributed by atoms with Gasteiger partial charge in [-0.25, -0.2) is 14.6 Å². The molecule has 39 heavy (non-hydrogen) atoms. The Balaban J connectivity index is 1.51. The summed E-state index contributed by atoms with van der Waals surface area (Å²) in [6.45, 7) is 4.09. The fraction of sp³-hybridized carbons (Fsp3) is 0.207. The Morgan fingerprint density at radius 1 is 1.10 bits per heavy atom. The van der Waals surface area contributed by atoms with Crippen LogP contribution in [0.4, 0.5) is 5.69 Å². The average molecular weight is 529 g/mol. The molecule has 2 heterocycles. The zero-order valence-corrected chi connectivity index (χ0v) is 21.8. The summed E-state index contributed by atoms with van der Waals surface area (Å²) in [4.78, 5) is 41.0. The number of non-ortho nitro benzene ring substituents is 1. The molecule has 0 amide bonds. The van der Waals surface area contributed by atoms with Crippen LogP contribution in [-0.4, -0.2) is 40.1 Å². The maximum Gasteiger partial charge on any atom is 0.337 e. The SMILES string of the molecule is COC(=O)C1=C(C)NC(C)=C(C(=O)OC/C=C\c2ccc(Cn3ccnc3)cc2)C1c1cccc([N+](=O)[O-])c1. The molecule has 0 spiro atoms. The van der Waals surface area contributed by atoms with Crippen LogP contribution in [0.25, 0.3) is 6.08 Å². The smallest absolute Gasteiger partial charge is 0.337 e. The molecule has 10 nitrogen and oxygen atoms in total. The standard InChI is InChI=1S/C29H28N4O6/c1-19-25(28(34)38-3)27(23-7-4-8-24(16-23)33(36)37)26(20(2)31-19)29(35)39-15-5-6-21-9-11-22(12-10-21)17-32-14-13-30-18-32/h4-14,16,18,27,31H,15,17H2,1-3H3/b6-5-. The van der Waals surface area contributed by atoms with E-state index in [1.54, 1.807) is 38.5 Å². The molecule has 2 aromatic carbocycles. The van der Waals surface area contributed by atoms with E-state index in [2.05, 4.69) is 10.3 Å². The number of nitrogens with one attached hydrogen (secondary N) is 1. The number of aromatic nitrogens is 2. The van der Waals surface area contributed by atoms with Crippen LogP contribution in [0.1, 0.15) is 36.5 Å². The predicted molar refractivity (Wildman–Crippen MR) is 144 cm³/mol. The van der Waals surface area contributed by atoms with E-state index in [-0.39, 0.29) is 23.4 Å². The average Bonchev–Trinajstić information content (AvgIpc) is 3.44. The highest BCUT2D eigenvalue weighted by molar-refractivity contribution is 6.00. The fourth-order valence-corrected chi connectivity index (χ4v) is 4.51. The van der Waals surface area contributed by atoms with Crippen LogP contribution in [0.15, 0.2) is 95.9 Å². The van der Waals surface area contributed by atoms with E-state index in [0.717, 1.165) is 17.7 Å². The third-order valence-corrected chi connectivity index (χ3v) is 6.32. The Kier molecular flexibility index (Phi) is 8.35. The number of rotatable bonds is 9. The van der Waals surface area contributed by atoms with Crippen molar-refractivity contribution in [1.82, 2.24) is 14.9 Å². The number of esters is 2. The Morgan fingerprint density at radius 2 is 1.82 bits per heavy atom. The molecule has 1 N–H and O–H groups in total. The highest BCUT2D eigenvalue weighted by Gasteiger charge is 2.38. The minimum atomic E-state index is -0.905. The van der Waals surface area contributed by atoms with Crippen molar-refractivity contribution in [3.63, 3.8) is 0 Å². The summed E-state index contributed by atoms with van der Waals surface area (Å²) in [7, 11) is 1.24. The highest BCUT2D eigenvalue weighted by Crippen LogP contribution is 2.40. The van der Waals surface area contributed by atoms with Gasteiger partial charge < -0.3 is 19.4 Å². The van der Waals surface area contributed by atoms with Gasteiger partial charge in [0.05, 0.1) is 35.4 Å². The van der Waals surface area contributed by atoms with E-state index in [1.807, 2.05) is 41.1 Å². The lowest BCUT2D eigenvalue weighted by Crippen LogP contribution is -2.32. The maximum atomic E-state index is 13.3. The van der Waals surface area contributed by atoms with Gasteiger partial charge in [-0.3, -0.25) is 10.1 Å². The molecule has 0 saturated heterocycles. The van der Waals surface area contributed by atoms with Gasteiger partial charge in [-0.05, 0) is 36.6 Å². The molecule has 0 fully saturated rings. The van der Waals surface area contributed by atoms with Crippen molar-refractivity contribution in [1.29, 1.82) is 0 Å². The van der Waals surface area contributed by atoms with Gasteiger partial charge in [-0.15, -0.1) is 0 Å². The largest absolute Gasteiger partial charge is 0.466 e. The summed E-state index contributed by atoms with van der Waals surface area (Å²) < 4.78 is 12.5. The lowest BCUT2D eigenvalue weighted by molar-refractivity contribution is -0.384. The van der Waals surface area contributed by atoms with Crippen LogP contribution >= 0.6 is 0 Å². The number of hydrogen-bond acceptors (Lipinski definition) is 8. The first-order valence-corrected chi connectivity index (χ1v) is 12.2. The zero-order valence-electron chi connectivity index (χ0n) is 21.8. The number of ether oxygens (including phenoxy) is 2. The highest BCUT2D eigenvalue weighted by atomic mass is 16.6. The number of nitro benzene ring substituents is 1. The fourth-order valence-electron chi connectivity index (χ4n) is 4.51. The van der Waals surface area contributed by atoms with Crippen LogP contribution in [0.5, 0.6) is 0 Å². The third-order valence-electron chi connectivity index (χ3n) is 6.32. The Morgan fingerprint density at radius 3 is 2.46 bits per heavy atom. The van der Waals surface area contributed by atoms with Gasteiger partial charge in [0.25, 0.3) is 5.69 Å². The Hall–Kier alpha value is -4.99. The molecule has 4 rings (SSSR count). The van der Waals surface area contributed by atoms with E-state index in [1.165, 1.54) is 25.3 Å². The van der Waals surface area contributed by atoms with Crippen LogP contribution in [0.3, 0.4) is 0 Å². The summed E-state index contributed by atoms with van der Waals surface area (Å²) in [5, 5.41) is 14.5. The molecule has 1 unspecified atom stereocenters. The van der Waals surface area contributed by atoms with Crippen LogP contribution in [-0.2, 0) is 25.6 Å². The second-order valence-electron chi connectivity index (χ2n) is 8.96. The van der Waals surface area contributed by atoms with Crippen LogP contribution < -0.4 is 5.32 Å². The molecular weight excluding hydrogens is 500 g/mol. The van der Waals surface area contributed by atoms with Gasteiger partial charge in [0.2, 0.25) is 0 Å². The number of dihydropyridines is 1. The maximum absolute atomic E-state index is 13.3. The van der Waals surface area contributed by atoms with Crippen LogP contribution in [0, 0.1) is 10.1 Å². The van der Waals surface area contributed by atoms with Crippen molar-refractivity contribution >= 4 is 23.7 Å². The molecule has 1 aliphatic rings. The first kappa shape index (κ1) is 27.1. The predicted octanol–water partition coefficient (Wildman–Crippen LogP) is 4.50. The van der Waals surface area contributed by atoms with E-state index in [4.69, 9.17) is 9.47 Å². The summed E-state index contributed by atoms with van der Waals surface area (Å²) in [6, 6.07) is 13.8. The number of carbonyl (C=O) groups is 2. The van der Waals surface area contributed by atoms with E-state index in [0.29, 0.717) is 17.0 Å². The van der Waals surface area contributed by atoms with Crippen molar-refractivity contribution < 1.29 is 24.0 Å². The molecule has 10 heteroatoms. The number of hydrogen-bond donors (Lipinski definition) is 1. The summed E-state index contributed by atoms with van der Waals surface area (Å²) in [5.74, 6) is -2.20. The van der Waals surface area contributed by atoms with Gasteiger partial charge >= 0.3 is 11.9 Å².